The van der Waals surface area contributed by atoms with E-state index in [9.17, 15) is 4.79 Å². The van der Waals surface area contributed by atoms with Crippen molar-refractivity contribution >= 4 is 5.91 Å². The number of carbonyl (C=O) groups excluding carboxylic acids is 1. The van der Waals surface area contributed by atoms with Crippen LogP contribution in [0, 0.1) is 5.92 Å². The van der Waals surface area contributed by atoms with Crippen molar-refractivity contribution in [2.75, 3.05) is 6.61 Å². The molecule has 3 nitrogen and oxygen atoms in total. The van der Waals surface area contributed by atoms with Crippen molar-refractivity contribution in [2.24, 2.45) is 5.92 Å². The van der Waals surface area contributed by atoms with Crippen molar-refractivity contribution < 1.29 is 9.90 Å². The van der Waals surface area contributed by atoms with Crippen LogP contribution in [0.1, 0.15) is 40.5 Å². The van der Waals surface area contributed by atoms with Crippen molar-refractivity contribution in [1.29, 1.82) is 0 Å². The van der Waals surface area contributed by atoms with E-state index in [1.54, 1.807) is 0 Å². The number of amides is 1. The van der Waals surface area contributed by atoms with E-state index < -0.39 is 5.54 Å². The zero-order valence-corrected chi connectivity index (χ0v) is 9.05. The van der Waals surface area contributed by atoms with E-state index in [4.69, 9.17) is 5.11 Å². The zero-order valence-electron chi connectivity index (χ0n) is 9.05. The fourth-order valence-electron chi connectivity index (χ4n) is 0.998. The Morgan fingerprint density at radius 3 is 2.38 bits per heavy atom. The maximum atomic E-state index is 11.4. The molecule has 1 amide bonds. The van der Waals surface area contributed by atoms with Gasteiger partial charge in [-0.05, 0) is 19.3 Å². The summed E-state index contributed by atoms with van der Waals surface area (Å²) in [6.45, 7) is 7.80. The second-order valence-electron chi connectivity index (χ2n) is 4.22. The second kappa shape index (κ2) is 5.22. The van der Waals surface area contributed by atoms with E-state index in [1.807, 2.05) is 27.7 Å². The van der Waals surface area contributed by atoms with Crippen LogP contribution >= 0.6 is 0 Å². The molecule has 1 atom stereocenters. The Labute approximate surface area is 80.5 Å². The standard InChI is InChI=1S/C10H21NO2/c1-5-10(4,7-12)11-9(13)6-8(2)3/h8,12H,5-7H2,1-4H3,(H,11,13). The number of aliphatic hydroxyl groups excluding tert-OH is 1. The summed E-state index contributed by atoms with van der Waals surface area (Å²) in [5.41, 5.74) is -0.452. The second-order valence-corrected chi connectivity index (χ2v) is 4.22. The van der Waals surface area contributed by atoms with Gasteiger partial charge in [-0.2, -0.15) is 0 Å². The van der Waals surface area contributed by atoms with Crippen LogP contribution in [0.3, 0.4) is 0 Å². The molecule has 0 aliphatic rings. The van der Waals surface area contributed by atoms with Gasteiger partial charge in [0.1, 0.15) is 0 Å². The molecule has 0 aromatic rings. The summed E-state index contributed by atoms with van der Waals surface area (Å²) >= 11 is 0. The fraction of sp³-hybridized carbons (Fsp3) is 0.900. The highest BCUT2D eigenvalue weighted by atomic mass is 16.3. The maximum Gasteiger partial charge on any atom is 0.220 e. The third-order valence-corrected chi connectivity index (χ3v) is 2.16. The van der Waals surface area contributed by atoms with E-state index >= 15 is 0 Å². The largest absolute Gasteiger partial charge is 0.394 e. The minimum atomic E-state index is -0.452. The van der Waals surface area contributed by atoms with Gasteiger partial charge in [0.15, 0.2) is 0 Å². The summed E-state index contributed by atoms with van der Waals surface area (Å²) < 4.78 is 0. The molecule has 13 heavy (non-hydrogen) atoms. The van der Waals surface area contributed by atoms with E-state index in [2.05, 4.69) is 5.32 Å². The monoisotopic (exact) mass is 187 g/mol. The van der Waals surface area contributed by atoms with Crippen LogP contribution in [0.5, 0.6) is 0 Å². The predicted octanol–water partition coefficient (Wildman–Crippen LogP) is 1.31. The highest BCUT2D eigenvalue weighted by Gasteiger charge is 2.22. The summed E-state index contributed by atoms with van der Waals surface area (Å²) in [6.07, 6.45) is 1.27. The lowest BCUT2D eigenvalue weighted by Crippen LogP contribution is -2.48. The summed E-state index contributed by atoms with van der Waals surface area (Å²) in [5, 5.41) is 11.9. The van der Waals surface area contributed by atoms with Gasteiger partial charge < -0.3 is 10.4 Å². The molecular weight excluding hydrogens is 166 g/mol. The highest BCUT2D eigenvalue weighted by molar-refractivity contribution is 5.76. The van der Waals surface area contributed by atoms with Crippen LogP contribution in [0.25, 0.3) is 0 Å². The van der Waals surface area contributed by atoms with Crippen molar-refractivity contribution in [1.82, 2.24) is 5.32 Å². The third-order valence-electron chi connectivity index (χ3n) is 2.16. The van der Waals surface area contributed by atoms with Gasteiger partial charge >= 0.3 is 0 Å². The Balaban J connectivity index is 4.02. The summed E-state index contributed by atoms with van der Waals surface area (Å²) in [6, 6.07) is 0. The molecule has 2 N–H and O–H groups in total. The van der Waals surface area contributed by atoms with E-state index in [-0.39, 0.29) is 12.5 Å². The SMILES string of the molecule is CCC(C)(CO)NC(=O)CC(C)C. The lowest BCUT2D eigenvalue weighted by Gasteiger charge is -2.27. The molecule has 0 spiro atoms. The normalized spacial score (nSPS) is 15.5. The topological polar surface area (TPSA) is 49.3 Å². The number of rotatable bonds is 5. The Morgan fingerprint density at radius 1 is 1.54 bits per heavy atom. The first-order chi connectivity index (χ1) is 5.93. The zero-order chi connectivity index (χ0) is 10.5. The van der Waals surface area contributed by atoms with Gasteiger partial charge in [0.25, 0.3) is 0 Å². The van der Waals surface area contributed by atoms with Crippen molar-refractivity contribution in [3.63, 3.8) is 0 Å². The Hall–Kier alpha value is -0.570. The molecule has 0 saturated carbocycles. The average molecular weight is 187 g/mol. The fourth-order valence-corrected chi connectivity index (χ4v) is 0.998. The quantitative estimate of drug-likeness (QED) is 0.681. The van der Waals surface area contributed by atoms with E-state index in [0.717, 1.165) is 6.42 Å². The van der Waals surface area contributed by atoms with Gasteiger partial charge in [-0.3, -0.25) is 4.79 Å². The number of carbonyl (C=O) groups is 1. The maximum absolute atomic E-state index is 11.4. The molecule has 0 aliphatic heterocycles. The minimum Gasteiger partial charge on any atom is -0.394 e. The smallest absolute Gasteiger partial charge is 0.220 e. The van der Waals surface area contributed by atoms with E-state index in [0.29, 0.717) is 12.3 Å². The summed E-state index contributed by atoms with van der Waals surface area (Å²) in [5.74, 6) is 0.383. The van der Waals surface area contributed by atoms with Gasteiger partial charge in [0.2, 0.25) is 5.91 Å². The molecule has 0 bridgehead atoms. The van der Waals surface area contributed by atoms with Crippen molar-refractivity contribution in [2.45, 2.75) is 46.1 Å². The summed E-state index contributed by atoms with van der Waals surface area (Å²) in [7, 11) is 0. The Kier molecular flexibility index (Phi) is 4.99. The Morgan fingerprint density at radius 2 is 2.08 bits per heavy atom. The molecule has 78 valence electrons. The minimum absolute atomic E-state index is 0.00661. The van der Waals surface area contributed by atoms with Gasteiger partial charge in [-0.15, -0.1) is 0 Å². The lowest BCUT2D eigenvalue weighted by molar-refractivity contribution is -0.124. The van der Waals surface area contributed by atoms with Crippen molar-refractivity contribution in [3.8, 4) is 0 Å². The number of aliphatic hydroxyl groups is 1. The van der Waals surface area contributed by atoms with E-state index in [1.165, 1.54) is 0 Å². The van der Waals surface area contributed by atoms with Gasteiger partial charge in [0.05, 0.1) is 12.1 Å². The molecule has 0 aromatic carbocycles. The van der Waals surface area contributed by atoms with Crippen LogP contribution in [-0.4, -0.2) is 23.2 Å². The highest BCUT2D eigenvalue weighted by Crippen LogP contribution is 2.09. The molecule has 0 aromatic heterocycles. The Bertz CT molecular complexity index is 162. The average Bonchev–Trinajstić information content (AvgIpc) is 2.02. The molecule has 3 heteroatoms. The van der Waals surface area contributed by atoms with Crippen LogP contribution < -0.4 is 5.32 Å². The molecular formula is C10H21NO2. The van der Waals surface area contributed by atoms with Crippen LogP contribution in [0.15, 0.2) is 0 Å². The molecule has 1 unspecified atom stereocenters. The molecule has 0 fully saturated rings. The summed E-state index contributed by atoms with van der Waals surface area (Å²) in [4.78, 5) is 11.4. The van der Waals surface area contributed by atoms with Crippen molar-refractivity contribution in [3.05, 3.63) is 0 Å². The van der Waals surface area contributed by atoms with Gasteiger partial charge in [-0.1, -0.05) is 20.8 Å². The first-order valence-electron chi connectivity index (χ1n) is 4.85. The first kappa shape index (κ1) is 12.4. The number of nitrogens with one attached hydrogen (secondary N) is 1. The van der Waals surface area contributed by atoms with Crippen LogP contribution in [0.2, 0.25) is 0 Å². The number of hydrogen-bond acceptors (Lipinski definition) is 2. The number of hydrogen-bond donors (Lipinski definition) is 2. The third kappa shape index (κ3) is 4.88. The van der Waals surface area contributed by atoms with Crippen LogP contribution in [-0.2, 0) is 4.79 Å². The predicted molar refractivity (Wildman–Crippen MR) is 53.4 cm³/mol. The molecule has 0 rings (SSSR count). The van der Waals surface area contributed by atoms with Crippen LogP contribution in [0.4, 0.5) is 0 Å². The molecule has 0 aliphatic carbocycles. The van der Waals surface area contributed by atoms with Gasteiger partial charge in [-0.25, -0.2) is 0 Å². The molecule has 0 saturated heterocycles. The lowest BCUT2D eigenvalue weighted by atomic mass is 9.99. The molecule has 0 heterocycles. The first-order valence-corrected chi connectivity index (χ1v) is 4.85. The molecule has 0 radical (unpaired) electrons. The van der Waals surface area contributed by atoms with Gasteiger partial charge in [0, 0.05) is 6.42 Å².